The molecular formula is C14H19Cl2N3O2. The summed E-state index contributed by atoms with van der Waals surface area (Å²) in [5.41, 5.74) is 0.469. The quantitative estimate of drug-likeness (QED) is 0.867. The Bertz CT molecular complexity index is 521. The summed E-state index contributed by atoms with van der Waals surface area (Å²) in [6.45, 7) is 2.56. The lowest BCUT2D eigenvalue weighted by Crippen LogP contribution is -2.41. The standard InChI is InChI=1S/C14H19Cl2N3O2/c1-10(20)19(9-14(21)17-6-7-18(2)3)13-5-4-11(15)8-12(13)16/h4-5,8H,6-7,9H2,1-3H3,(H,17,21). The molecule has 0 aliphatic heterocycles. The van der Waals surface area contributed by atoms with Gasteiger partial charge in [0, 0.05) is 25.0 Å². The van der Waals surface area contributed by atoms with E-state index in [2.05, 4.69) is 5.32 Å². The number of rotatable bonds is 6. The Balaban J connectivity index is 2.74. The first kappa shape index (κ1) is 17.8. The van der Waals surface area contributed by atoms with Gasteiger partial charge in [0.15, 0.2) is 0 Å². The summed E-state index contributed by atoms with van der Waals surface area (Å²) < 4.78 is 0. The van der Waals surface area contributed by atoms with Crippen molar-refractivity contribution < 1.29 is 9.59 Å². The highest BCUT2D eigenvalue weighted by Crippen LogP contribution is 2.28. The number of nitrogens with zero attached hydrogens (tertiary/aromatic N) is 2. The molecule has 0 unspecified atom stereocenters. The predicted molar refractivity (Wildman–Crippen MR) is 86.1 cm³/mol. The second-order valence-corrected chi connectivity index (χ2v) is 5.70. The maximum Gasteiger partial charge on any atom is 0.240 e. The zero-order valence-electron chi connectivity index (χ0n) is 12.3. The van der Waals surface area contributed by atoms with Gasteiger partial charge in [-0.3, -0.25) is 9.59 Å². The van der Waals surface area contributed by atoms with Crippen molar-refractivity contribution in [3.8, 4) is 0 Å². The van der Waals surface area contributed by atoms with Crippen molar-refractivity contribution in [2.24, 2.45) is 0 Å². The van der Waals surface area contributed by atoms with E-state index in [4.69, 9.17) is 23.2 Å². The van der Waals surface area contributed by atoms with Gasteiger partial charge in [-0.25, -0.2) is 0 Å². The molecule has 0 aromatic heterocycles. The van der Waals surface area contributed by atoms with Gasteiger partial charge in [0.25, 0.3) is 0 Å². The minimum atomic E-state index is -0.262. The monoisotopic (exact) mass is 331 g/mol. The Morgan fingerprint density at radius 1 is 1.24 bits per heavy atom. The van der Waals surface area contributed by atoms with Crippen LogP contribution >= 0.6 is 23.2 Å². The molecule has 0 saturated carbocycles. The second-order valence-electron chi connectivity index (χ2n) is 4.85. The van der Waals surface area contributed by atoms with Crippen LogP contribution in [0.5, 0.6) is 0 Å². The lowest BCUT2D eigenvalue weighted by molar-refractivity contribution is -0.123. The van der Waals surface area contributed by atoms with Gasteiger partial charge in [-0.15, -0.1) is 0 Å². The van der Waals surface area contributed by atoms with E-state index < -0.39 is 0 Å². The first-order chi connectivity index (χ1) is 9.81. The highest BCUT2D eigenvalue weighted by atomic mass is 35.5. The number of hydrogen-bond donors (Lipinski definition) is 1. The van der Waals surface area contributed by atoms with Crippen LogP contribution in [0.1, 0.15) is 6.92 Å². The molecule has 0 atom stereocenters. The molecule has 2 amide bonds. The topological polar surface area (TPSA) is 52.7 Å². The Kier molecular flexibility index (Phi) is 6.95. The van der Waals surface area contributed by atoms with Crippen LogP contribution in [0.2, 0.25) is 10.0 Å². The van der Waals surface area contributed by atoms with E-state index in [1.807, 2.05) is 19.0 Å². The van der Waals surface area contributed by atoms with Gasteiger partial charge in [0.1, 0.15) is 6.54 Å². The molecule has 0 saturated heterocycles. The summed E-state index contributed by atoms with van der Waals surface area (Å²) in [5, 5.41) is 3.56. The molecule has 116 valence electrons. The largest absolute Gasteiger partial charge is 0.353 e. The summed E-state index contributed by atoms with van der Waals surface area (Å²) in [6.07, 6.45) is 0. The van der Waals surface area contributed by atoms with E-state index in [-0.39, 0.29) is 18.4 Å². The normalized spacial score (nSPS) is 10.6. The molecule has 5 nitrogen and oxygen atoms in total. The van der Waals surface area contributed by atoms with Crippen LogP contribution < -0.4 is 10.2 Å². The zero-order valence-corrected chi connectivity index (χ0v) is 13.8. The van der Waals surface area contributed by atoms with Gasteiger partial charge in [-0.1, -0.05) is 23.2 Å². The van der Waals surface area contributed by atoms with Gasteiger partial charge >= 0.3 is 0 Å². The number of hydrogen-bond acceptors (Lipinski definition) is 3. The summed E-state index contributed by atoms with van der Waals surface area (Å²) in [4.78, 5) is 26.9. The highest BCUT2D eigenvalue weighted by molar-refractivity contribution is 6.36. The molecule has 1 rings (SSSR count). The van der Waals surface area contributed by atoms with Crippen LogP contribution in [0.15, 0.2) is 18.2 Å². The Morgan fingerprint density at radius 2 is 1.90 bits per heavy atom. The Labute approximate surface area is 134 Å². The van der Waals surface area contributed by atoms with E-state index in [0.717, 1.165) is 6.54 Å². The van der Waals surface area contributed by atoms with E-state index in [1.54, 1.807) is 18.2 Å². The highest BCUT2D eigenvalue weighted by Gasteiger charge is 2.18. The van der Waals surface area contributed by atoms with Crippen molar-refractivity contribution in [3.63, 3.8) is 0 Å². The van der Waals surface area contributed by atoms with Crippen LogP contribution in [0.3, 0.4) is 0 Å². The van der Waals surface area contributed by atoms with Crippen LogP contribution in [0.25, 0.3) is 0 Å². The SMILES string of the molecule is CC(=O)N(CC(=O)NCCN(C)C)c1ccc(Cl)cc1Cl. The van der Waals surface area contributed by atoms with Crippen molar-refractivity contribution in [1.82, 2.24) is 10.2 Å². The summed E-state index contributed by atoms with van der Waals surface area (Å²) >= 11 is 11.9. The van der Waals surface area contributed by atoms with Crippen LogP contribution in [0, 0.1) is 0 Å². The molecular weight excluding hydrogens is 313 g/mol. The number of halogens is 2. The molecule has 7 heteroatoms. The van der Waals surface area contributed by atoms with Gasteiger partial charge in [0.05, 0.1) is 10.7 Å². The van der Waals surface area contributed by atoms with E-state index in [1.165, 1.54) is 11.8 Å². The Hall–Kier alpha value is -1.30. The molecule has 1 aromatic carbocycles. The smallest absolute Gasteiger partial charge is 0.240 e. The van der Waals surface area contributed by atoms with Crippen molar-refractivity contribution in [3.05, 3.63) is 28.2 Å². The number of carbonyl (C=O) groups excluding carboxylic acids is 2. The maximum atomic E-state index is 11.9. The summed E-state index contributed by atoms with van der Waals surface area (Å²) in [5.74, 6) is -0.500. The van der Waals surface area contributed by atoms with Crippen molar-refractivity contribution in [2.45, 2.75) is 6.92 Å². The fraction of sp³-hybridized carbons (Fsp3) is 0.429. The summed E-state index contributed by atoms with van der Waals surface area (Å²) in [7, 11) is 3.84. The average molecular weight is 332 g/mol. The molecule has 0 spiro atoms. The predicted octanol–water partition coefficient (Wildman–Crippen LogP) is 2.02. The minimum absolute atomic E-state index is 0.0793. The number of nitrogens with one attached hydrogen (secondary N) is 1. The third kappa shape index (κ3) is 5.91. The molecule has 0 heterocycles. The molecule has 0 aliphatic rings. The van der Waals surface area contributed by atoms with E-state index in [0.29, 0.717) is 22.3 Å². The lowest BCUT2D eigenvalue weighted by atomic mass is 10.2. The first-order valence-electron chi connectivity index (χ1n) is 6.46. The van der Waals surface area contributed by atoms with Crippen LogP contribution in [0.4, 0.5) is 5.69 Å². The van der Waals surface area contributed by atoms with Crippen molar-refractivity contribution in [1.29, 1.82) is 0 Å². The number of amides is 2. The zero-order chi connectivity index (χ0) is 16.0. The third-order valence-corrected chi connectivity index (χ3v) is 3.30. The fourth-order valence-electron chi connectivity index (χ4n) is 1.68. The molecule has 0 fully saturated rings. The van der Waals surface area contributed by atoms with Gasteiger partial charge < -0.3 is 15.1 Å². The number of benzene rings is 1. The first-order valence-corrected chi connectivity index (χ1v) is 7.21. The van der Waals surface area contributed by atoms with Crippen LogP contribution in [-0.2, 0) is 9.59 Å². The van der Waals surface area contributed by atoms with Crippen LogP contribution in [-0.4, -0.2) is 50.4 Å². The molecule has 0 bridgehead atoms. The van der Waals surface area contributed by atoms with E-state index >= 15 is 0 Å². The Morgan fingerprint density at radius 3 is 2.43 bits per heavy atom. The number of carbonyl (C=O) groups is 2. The maximum absolute atomic E-state index is 11.9. The minimum Gasteiger partial charge on any atom is -0.353 e. The van der Waals surface area contributed by atoms with Crippen molar-refractivity contribution in [2.75, 3.05) is 38.6 Å². The average Bonchev–Trinajstić information content (AvgIpc) is 2.36. The van der Waals surface area contributed by atoms with Gasteiger partial charge in [-0.05, 0) is 32.3 Å². The molecule has 1 aromatic rings. The fourth-order valence-corrected chi connectivity index (χ4v) is 2.20. The number of anilines is 1. The lowest BCUT2D eigenvalue weighted by Gasteiger charge is -2.22. The molecule has 0 aliphatic carbocycles. The van der Waals surface area contributed by atoms with E-state index in [9.17, 15) is 9.59 Å². The number of likely N-dealkylation sites (N-methyl/N-ethyl adjacent to an activating group) is 1. The van der Waals surface area contributed by atoms with Gasteiger partial charge in [-0.2, -0.15) is 0 Å². The summed E-state index contributed by atoms with van der Waals surface area (Å²) in [6, 6.07) is 4.79. The third-order valence-electron chi connectivity index (χ3n) is 2.76. The second kappa shape index (κ2) is 8.22. The molecule has 0 radical (unpaired) electrons. The molecule has 1 N–H and O–H groups in total. The molecule has 21 heavy (non-hydrogen) atoms. The van der Waals surface area contributed by atoms with Crippen molar-refractivity contribution >= 4 is 40.7 Å². The van der Waals surface area contributed by atoms with Gasteiger partial charge in [0.2, 0.25) is 11.8 Å².